The molecule has 4 rings (SSSR count). The predicted molar refractivity (Wildman–Crippen MR) is 115 cm³/mol. The zero-order chi connectivity index (χ0) is 19.5. The lowest BCUT2D eigenvalue weighted by Crippen LogP contribution is -2.42. The van der Waals surface area contributed by atoms with Gasteiger partial charge in [-0.15, -0.1) is 0 Å². The standard InChI is InChI=1S/C22H28N3O2P/c23-19-10-12-24(14-19)22(27)25-13-11-20(15-25)28-21(26)18-8-6-17(7-9-18)16-4-2-1-3-5-16/h2,4-9,19-20,28H,1,3,10-15,23H2. The summed E-state index contributed by atoms with van der Waals surface area (Å²) in [6.07, 6.45) is 10.6. The number of amides is 2. The van der Waals surface area contributed by atoms with Gasteiger partial charge in [0.25, 0.3) is 0 Å². The largest absolute Gasteiger partial charge is 0.326 e. The van der Waals surface area contributed by atoms with Gasteiger partial charge in [0.15, 0.2) is 5.52 Å². The highest BCUT2D eigenvalue weighted by Crippen LogP contribution is 2.33. The van der Waals surface area contributed by atoms with E-state index in [1.807, 2.05) is 34.1 Å². The van der Waals surface area contributed by atoms with Crippen molar-refractivity contribution >= 4 is 25.7 Å². The topological polar surface area (TPSA) is 66.6 Å². The third-order valence-electron chi connectivity index (χ3n) is 5.76. The number of likely N-dealkylation sites (tertiary alicyclic amines) is 2. The minimum Gasteiger partial charge on any atom is -0.326 e. The van der Waals surface area contributed by atoms with Crippen molar-refractivity contribution < 1.29 is 9.59 Å². The number of hydrogen-bond donors (Lipinski definition) is 1. The molecule has 3 aliphatic rings. The molecule has 2 amide bonds. The molecule has 0 saturated carbocycles. The average Bonchev–Trinajstić information content (AvgIpc) is 3.37. The highest BCUT2D eigenvalue weighted by atomic mass is 31.1. The van der Waals surface area contributed by atoms with Gasteiger partial charge in [-0.3, -0.25) is 4.79 Å². The SMILES string of the molecule is NC1CCN(C(=O)N2CCC(PC(=O)c3ccc(C4=CCCC=C4)cc3)C2)C1. The van der Waals surface area contributed by atoms with Crippen LogP contribution in [0.25, 0.3) is 5.57 Å². The summed E-state index contributed by atoms with van der Waals surface area (Å²) in [6, 6.07) is 8.16. The lowest BCUT2D eigenvalue weighted by molar-refractivity contribution is 0.108. The van der Waals surface area contributed by atoms with Crippen molar-refractivity contribution in [2.75, 3.05) is 26.2 Å². The molecule has 2 saturated heterocycles. The molecule has 0 aromatic heterocycles. The molecular formula is C22H28N3O2P. The van der Waals surface area contributed by atoms with E-state index in [4.69, 9.17) is 5.73 Å². The highest BCUT2D eigenvalue weighted by molar-refractivity contribution is 7.59. The maximum absolute atomic E-state index is 12.7. The molecule has 1 aromatic rings. The maximum atomic E-state index is 12.7. The van der Waals surface area contributed by atoms with Crippen molar-refractivity contribution in [2.45, 2.75) is 37.4 Å². The molecule has 3 unspecified atom stereocenters. The van der Waals surface area contributed by atoms with Gasteiger partial charge in [-0.05, 0) is 45.4 Å². The van der Waals surface area contributed by atoms with E-state index in [0.717, 1.165) is 49.9 Å². The van der Waals surface area contributed by atoms with Gasteiger partial charge >= 0.3 is 6.03 Å². The second-order valence-corrected chi connectivity index (χ2v) is 9.46. The number of hydrogen-bond acceptors (Lipinski definition) is 3. The number of urea groups is 1. The van der Waals surface area contributed by atoms with Gasteiger partial charge in [-0.25, -0.2) is 4.79 Å². The number of nitrogens with zero attached hydrogens (tertiary/aromatic N) is 2. The molecule has 6 heteroatoms. The molecule has 28 heavy (non-hydrogen) atoms. The maximum Gasteiger partial charge on any atom is 0.320 e. The normalized spacial score (nSPS) is 25.0. The number of carbonyl (C=O) groups excluding carboxylic acids is 2. The fourth-order valence-corrected chi connectivity index (χ4v) is 5.41. The van der Waals surface area contributed by atoms with Gasteiger partial charge in [0.05, 0.1) is 0 Å². The monoisotopic (exact) mass is 397 g/mol. The van der Waals surface area contributed by atoms with Crippen molar-refractivity contribution in [1.82, 2.24) is 9.80 Å². The van der Waals surface area contributed by atoms with Gasteiger partial charge in [-0.2, -0.15) is 0 Å². The Morgan fingerprint density at radius 1 is 1.00 bits per heavy atom. The van der Waals surface area contributed by atoms with Crippen LogP contribution in [-0.4, -0.2) is 59.2 Å². The summed E-state index contributed by atoms with van der Waals surface area (Å²) < 4.78 is 0. The minimum atomic E-state index is 0.0888. The summed E-state index contributed by atoms with van der Waals surface area (Å²) in [5.74, 6) is 0. The Labute approximate surface area is 168 Å². The van der Waals surface area contributed by atoms with Crippen molar-refractivity contribution in [3.8, 4) is 0 Å². The average molecular weight is 397 g/mol. The predicted octanol–water partition coefficient (Wildman–Crippen LogP) is 3.47. The molecule has 148 valence electrons. The van der Waals surface area contributed by atoms with Gasteiger partial charge < -0.3 is 15.5 Å². The molecular weight excluding hydrogens is 369 g/mol. The third kappa shape index (κ3) is 4.37. The van der Waals surface area contributed by atoms with Gasteiger partial charge in [-0.1, -0.05) is 42.5 Å². The Kier molecular flexibility index (Phi) is 5.93. The van der Waals surface area contributed by atoms with E-state index in [0.29, 0.717) is 13.1 Å². The van der Waals surface area contributed by atoms with Crippen LogP contribution < -0.4 is 5.73 Å². The molecule has 5 nitrogen and oxygen atoms in total. The molecule has 2 fully saturated rings. The second kappa shape index (κ2) is 8.59. The fraction of sp³-hybridized carbons (Fsp3) is 0.455. The molecule has 0 bridgehead atoms. The Bertz CT molecular complexity index is 803. The summed E-state index contributed by atoms with van der Waals surface area (Å²) in [5, 5.41) is 0. The van der Waals surface area contributed by atoms with E-state index in [1.54, 1.807) is 0 Å². The van der Waals surface area contributed by atoms with E-state index in [9.17, 15) is 9.59 Å². The molecule has 0 spiro atoms. The summed E-state index contributed by atoms with van der Waals surface area (Å²) >= 11 is 0. The molecule has 1 aromatic carbocycles. The smallest absolute Gasteiger partial charge is 0.320 e. The zero-order valence-corrected chi connectivity index (χ0v) is 17.1. The summed E-state index contributed by atoms with van der Waals surface area (Å²) in [4.78, 5) is 29.1. The first-order valence-corrected chi connectivity index (χ1v) is 11.3. The number of benzene rings is 1. The zero-order valence-electron chi connectivity index (χ0n) is 16.1. The van der Waals surface area contributed by atoms with Crippen LogP contribution in [0.3, 0.4) is 0 Å². The van der Waals surface area contributed by atoms with E-state index in [-0.39, 0.29) is 31.8 Å². The number of carbonyl (C=O) groups is 2. The summed E-state index contributed by atoms with van der Waals surface area (Å²) in [7, 11) is 0.220. The van der Waals surface area contributed by atoms with Crippen LogP contribution in [0.2, 0.25) is 0 Å². The van der Waals surface area contributed by atoms with Crippen molar-refractivity contribution in [3.05, 3.63) is 53.6 Å². The first kappa shape index (κ1) is 19.4. The van der Waals surface area contributed by atoms with Crippen LogP contribution in [-0.2, 0) is 0 Å². The van der Waals surface area contributed by atoms with Gasteiger partial charge in [0.2, 0.25) is 0 Å². The van der Waals surface area contributed by atoms with Crippen molar-refractivity contribution in [3.63, 3.8) is 0 Å². The van der Waals surface area contributed by atoms with Crippen LogP contribution in [0, 0.1) is 0 Å². The molecule has 1 aliphatic carbocycles. The second-order valence-electron chi connectivity index (χ2n) is 7.90. The van der Waals surface area contributed by atoms with E-state index in [1.165, 1.54) is 5.57 Å². The Morgan fingerprint density at radius 3 is 2.43 bits per heavy atom. The van der Waals surface area contributed by atoms with Crippen LogP contribution in [0.5, 0.6) is 0 Å². The number of allylic oxidation sites excluding steroid dienone is 4. The fourth-order valence-electron chi connectivity index (χ4n) is 4.12. The Morgan fingerprint density at radius 2 is 1.75 bits per heavy atom. The number of nitrogens with two attached hydrogens (primary N) is 1. The minimum absolute atomic E-state index is 0.0888. The third-order valence-corrected chi connectivity index (χ3v) is 7.19. The van der Waals surface area contributed by atoms with Gasteiger partial charge in [0, 0.05) is 43.4 Å². The van der Waals surface area contributed by atoms with E-state index >= 15 is 0 Å². The van der Waals surface area contributed by atoms with Crippen molar-refractivity contribution in [2.24, 2.45) is 5.73 Å². The van der Waals surface area contributed by atoms with Gasteiger partial charge in [0.1, 0.15) is 0 Å². The summed E-state index contributed by atoms with van der Waals surface area (Å²) in [5.41, 5.74) is 9.56. The Hall–Kier alpha value is -1.97. The molecule has 2 aliphatic heterocycles. The molecule has 2 heterocycles. The first-order valence-electron chi connectivity index (χ1n) is 10.2. The van der Waals surface area contributed by atoms with Crippen LogP contribution in [0.4, 0.5) is 4.79 Å². The molecule has 0 radical (unpaired) electrons. The number of rotatable bonds is 4. The van der Waals surface area contributed by atoms with Crippen LogP contribution >= 0.6 is 8.58 Å². The quantitative estimate of drug-likeness (QED) is 0.791. The van der Waals surface area contributed by atoms with Crippen molar-refractivity contribution in [1.29, 1.82) is 0 Å². The lowest BCUT2D eigenvalue weighted by atomic mass is 9.99. The van der Waals surface area contributed by atoms with E-state index < -0.39 is 0 Å². The van der Waals surface area contributed by atoms with Crippen LogP contribution in [0.1, 0.15) is 41.6 Å². The highest BCUT2D eigenvalue weighted by Gasteiger charge is 2.33. The van der Waals surface area contributed by atoms with Crippen LogP contribution in [0.15, 0.2) is 42.5 Å². The lowest BCUT2D eigenvalue weighted by Gasteiger charge is -2.24. The summed E-state index contributed by atoms with van der Waals surface area (Å²) in [6.45, 7) is 2.83. The molecule has 2 N–H and O–H groups in total. The van der Waals surface area contributed by atoms with E-state index in [2.05, 4.69) is 18.2 Å². The molecule has 3 atom stereocenters. The Balaban J connectivity index is 1.31. The first-order chi connectivity index (χ1) is 13.6.